The Morgan fingerprint density at radius 2 is 1.00 bits per heavy atom. The second-order valence-corrected chi connectivity index (χ2v) is 0. The maximum Gasteiger partial charge on any atom is 0 e. The third kappa shape index (κ3) is 8.92. The normalized spacial score (nSPS) is 0. The fourth-order valence-electron chi connectivity index (χ4n) is 0. The molecule has 36 valence electrons. The molecule has 0 fully saturated rings. The van der Waals surface area contributed by atoms with Crippen LogP contribution in [-0.2, 0) is 54.6 Å². The first-order valence-electron chi connectivity index (χ1n) is 0. The second kappa shape index (κ2) is 19.3. The van der Waals surface area contributed by atoms with Crippen LogP contribution in [0.3, 0.4) is 0 Å². The fourth-order valence-corrected chi connectivity index (χ4v) is 0. The van der Waals surface area contributed by atoms with Crippen molar-refractivity contribution in [2.45, 2.75) is 0 Å². The zero-order chi connectivity index (χ0) is 0. The van der Waals surface area contributed by atoms with E-state index < -0.39 is 0 Å². The Bertz CT molecular complexity index is 8.00. The molecule has 0 rings (SSSR count). The molecule has 4 heavy (non-hydrogen) atoms. The van der Waals surface area contributed by atoms with Gasteiger partial charge in [0.25, 0.3) is 0 Å². The predicted octanol–water partition coefficient (Wildman–Crippen LogP) is 0.854. The van der Waals surface area contributed by atoms with E-state index >= 15 is 0 Å². The standard InChI is InChI=1S/Cu.Ni.P.Pt. The molecule has 0 amide bonds. The van der Waals surface area contributed by atoms with Gasteiger partial charge in [-0.15, -0.1) is 0 Å². The molecule has 0 spiro atoms. The molecule has 0 atom stereocenters. The first-order valence-corrected chi connectivity index (χ1v) is 0. The molecule has 4 radical (unpaired) electrons. The van der Waals surface area contributed by atoms with E-state index in [4.69, 9.17) is 0 Å². The van der Waals surface area contributed by atoms with E-state index in [9.17, 15) is 0 Å². The Labute approximate surface area is 64.1 Å². The maximum absolute atomic E-state index is 0. The van der Waals surface area contributed by atoms with Crippen LogP contribution in [0.5, 0.6) is 0 Å². The minimum Gasteiger partial charge on any atom is 0 e. The summed E-state index contributed by atoms with van der Waals surface area (Å²) in [6, 6.07) is 0. The Morgan fingerprint density at radius 3 is 1.00 bits per heavy atom. The van der Waals surface area contributed by atoms with Crippen LogP contribution in [0.1, 0.15) is 0 Å². The number of hydrogen-bond donors (Lipinski definition) is 0. The number of hydrogen-bond acceptors (Lipinski definition) is 0. The summed E-state index contributed by atoms with van der Waals surface area (Å²) >= 11 is 0. The molecule has 0 N–H and O–H groups in total. The topological polar surface area (TPSA) is 0 Å². The van der Waals surface area contributed by atoms with Crippen molar-refractivity contribution < 1.29 is 54.6 Å². The SMILES string of the molecule is [Cu].[Ni].[P].[Pt]. The van der Waals surface area contributed by atoms with Crippen molar-refractivity contribution in [3.63, 3.8) is 0 Å². The zero-order valence-electron chi connectivity index (χ0n) is 1.38. The molecule has 0 bridgehead atoms. The van der Waals surface area contributed by atoms with E-state index in [1.54, 1.807) is 0 Å². The predicted molar refractivity (Wildman–Crippen MR) is 6.92 cm³/mol. The Hall–Kier alpha value is 2.13. The van der Waals surface area contributed by atoms with E-state index in [-0.39, 0.29) is 64.5 Å². The first-order chi connectivity index (χ1) is 0. The summed E-state index contributed by atoms with van der Waals surface area (Å²) in [4.78, 5) is 0. The van der Waals surface area contributed by atoms with E-state index in [1.165, 1.54) is 0 Å². The molecule has 0 heterocycles. The first kappa shape index (κ1) is 35.5. The van der Waals surface area contributed by atoms with Gasteiger partial charge in [0.2, 0.25) is 0 Å². The van der Waals surface area contributed by atoms with Gasteiger partial charge in [-0.2, -0.15) is 0 Å². The van der Waals surface area contributed by atoms with E-state index in [1.807, 2.05) is 0 Å². The summed E-state index contributed by atoms with van der Waals surface area (Å²) in [7, 11) is 0. The molecule has 0 aromatic carbocycles. The van der Waals surface area contributed by atoms with Crippen LogP contribution in [-0.4, -0.2) is 0 Å². The monoisotopic (exact) mass is 347 g/mol. The van der Waals surface area contributed by atoms with Gasteiger partial charge in [-0.25, -0.2) is 0 Å². The smallest absolute Gasteiger partial charge is 0 e. The van der Waals surface area contributed by atoms with E-state index in [2.05, 4.69) is 0 Å². The van der Waals surface area contributed by atoms with Crippen molar-refractivity contribution in [2.24, 2.45) is 0 Å². The molecule has 0 aromatic heterocycles. The summed E-state index contributed by atoms with van der Waals surface area (Å²) in [6.45, 7) is 0. The van der Waals surface area contributed by atoms with Crippen molar-refractivity contribution in [3.05, 3.63) is 0 Å². The minimum atomic E-state index is 0. The Morgan fingerprint density at radius 1 is 1.00 bits per heavy atom. The van der Waals surface area contributed by atoms with Crippen LogP contribution < -0.4 is 0 Å². The zero-order valence-corrected chi connectivity index (χ0v) is 6.48. The minimum absolute atomic E-state index is 0. The molecule has 0 saturated carbocycles. The third-order valence-corrected chi connectivity index (χ3v) is 0. The van der Waals surface area contributed by atoms with Crippen molar-refractivity contribution in [3.8, 4) is 0 Å². The van der Waals surface area contributed by atoms with Gasteiger partial charge in [-0.1, -0.05) is 0 Å². The summed E-state index contributed by atoms with van der Waals surface area (Å²) < 4.78 is 0. The number of rotatable bonds is 0. The van der Waals surface area contributed by atoms with Gasteiger partial charge < -0.3 is 0 Å². The van der Waals surface area contributed by atoms with Gasteiger partial charge in [0.1, 0.15) is 0 Å². The van der Waals surface area contributed by atoms with Crippen molar-refractivity contribution in [1.82, 2.24) is 0 Å². The van der Waals surface area contributed by atoms with Crippen LogP contribution >= 0.6 is 9.90 Å². The van der Waals surface area contributed by atoms with E-state index in [0.717, 1.165) is 0 Å². The largest absolute Gasteiger partial charge is 0 e. The molecule has 0 unspecified atom stereocenters. The third-order valence-electron chi connectivity index (χ3n) is 0. The Balaban J connectivity index is 0. The molecule has 0 aliphatic rings. The average molecular weight is 348 g/mol. The molecular weight excluding hydrogens is 348 g/mol. The Kier molecular flexibility index (Phi) is 171. The summed E-state index contributed by atoms with van der Waals surface area (Å²) in [5, 5.41) is 0. The van der Waals surface area contributed by atoms with Gasteiger partial charge in [0, 0.05) is 64.5 Å². The van der Waals surface area contributed by atoms with Crippen LogP contribution in [0, 0.1) is 0 Å². The molecule has 4 heteroatoms. The molecule has 0 aliphatic heterocycles. The second-order valence-electron chi connectivity index (χ2n) is 0. The average Bonchev–Trinajstić information content (AvgIpc) is 0. The summed E-state index contributed by atoms with van der Waals surface area (Å²) in [6.07, 6.45) is 0. The van der Waals surface area contributed by atoms with Crippen LogP contribution in [0.2, 0.25) is 0 Å². The van der Waals surface area contributed by atoms with Gasteiger partial charge in [0.15, 0.2) is 0 Å². The van der Waals surface area contributed by atoms with Gasteiger partial charge in [-0.05, 0) is 0 Å². The molecular formula is CuNiPPt. The van der Waals surface area contributed by atoms with Gasteiger partial charge in [-0.3, -0.25) is 0 Å². The molecule has 0 saturated heterocycles. The quantitative estimate of drug-likeness (QED) is 0.450. The van der Waals surface area contributed by atoms with Crippen LogP contribution in [0.25, 0.3) is 0 Å². The fraction of sp³-hybridized carbons (Fsp3) is 0. The molecule has 0 aliphatic carbocycles. The van der Waals surface area contributed by atoms with Crippen LogP contribution in [0.15, 0.2) is 0 Å². The van der Waals surface area contributed by atoms with Gasteiger partial charge >= 0.3 is 0 Å². The van der Waals surface area contributed by atoms with Crippen molar-refractivity contribution >= 4 is 9.90 Å². The van der Waals surface area contributed by atoms with Crippen molar-refractivity contribution in [2.75, 3.05) is 0 Å². The molecule has 0 nitrogen and oxygen atoms in total. The van der Waals surface area contributed by atoms with Crippen molar-refractivity contribution in [1.29, 1.82) is 0 Å². The molecule has 0 aromatic rings. The summed E-state index contributed by atoms with van der Waals surface area (Å²) in [5.74, 6) is 0. The van der Waals surface area contributed by atoms with E-state index in [0.29, 0.717) is 0 Å². The summed E-state index contributed by atoms with van der Waals surface area (Å²) in [5.41, 5.74) is 0. The maximum atomic E-state index is 0. The van der Waals surface area contributed by atoms with Crippen LogP contribution in [0.4, 0.5) is 0 Å². The van der Waals surface area contributed by atoms with Gasteiger partial charge in [0.05, 0.1) is 0 Å².